The van der Waals surface area contributed by atoms with Crippen molar-refractivity contribution in [2.75, 3.05) is 13.6 Å². The number of hydrogen-bond donors (Lipinski definition) is 0. The summed E-state index contributed by atoms with van der Waals surface area (Å²) in [5.74, 6) is 2.06. The molecule has 2 aliphatic rings. The highest BCUT2D eigenvalue weighted by Gasteiger charge is 2.41. The Hall–Kier alpha value is -0.600. The maximum absolute atomic E-state index is 12.0. The first-order valence-corrected chi connectivity index (χ1v) is 7.80. The predicted molar refractivity (Wildman–Crippen MR) is 65.6 cm³/mol. The molecule has 0 N–H and O–H groups in total. The summed E-state index contributed by atoms with van der Waals surface area (Å²) in [6, 6.07) is 1.82. The SMILES string of the molecule is CC(C#N)S(=O)(=O)N(C)CC1CC2CCC1C2. The van der Waals surface area contributed by atoms with E-state index in [2.05, 4.69) is 0 Å². The molecule has 2 rings (SSSR count). The monoisotopic (exact) mass is 256 g/mol. The molecule has 0 heterocycles. The lowest BCUT2D eigenvalue weighted by Crippen LogP contribution is -2.38. The molecule has 17 heavy (non-hydrogen) atoms. The third kappa shape index (κ3) is 2.34. The normalized spacial score (nSPS) is 33.9. The fourth-order valence-electron chi connectivity index (χ4n) is 3.37. The van der Waals surface area contributed by atoms with Crippen LogP contribution in [0.15, 0.2) is 0 Å². The van der Waals surface area contributed by atoms with E-state index in [0.717, 1.165) is 11.8 Å². The highest BCUT2D eigenvalue weighted by molar-refractivity contribution is 7.89. The zero-order valence-electron chi connectivity index (χ0n) is 10.5. The van der Waals surface area contributed by atoms with Crippen molar-refractivity contribution in [3.05, 3.63) is 0 Å². The van der Waals surface area contributed by atoms with Gasteiger partial charge in [-0.15, -0.1) is 0 Å². The van der Waals surface area contributed by atoms with Crippen LogP contribution in [0.1, 0.15) is 32.6 Å². The van der Waals surface area contributed by atoms with E-state index in [1.807, 2.05) is 6.07 Å². The Bertz CT molecular complexity index is 426. The first-order chi connectivity index (χ1) is 7.95. The van der Waals surface area contributed by atoms with Gasteiger partial charge in [-0.1, -0.05) is 6.42 Å². The van der Waals surface area contributed by atoms with Crippen LogP contribution in [-0.4, -0.2) is 31.6 Å². The number of nitrogens with zero attached hydrogens (tertiary/aromatic N) is 2. The van der Waals surface area contributed by atoms with Crippen molar-refractivity contribution < 1.29 is 8.42 Å². The van der Waals surface area contributed by atoms with Gasteiger partial charge >= 0.3 is 0 Å². The molecule has 4 atom stereocenters. The van der Waals surface area contributed by atoms with Crippen LogP contribution in [0.5, 0.6) is 0 Å². The summed E-state index contributed by atoms with van der Waals surface area (Å²) in [5, 5.41) is 7.79. The van der Waals surface area contributed by atoms with Gasteiger partial charge in [-0.25, -0.2) is 12.7 Å². The standard InChI is InChI=1S/C12H20N2O2S/c1-9(7-13)17(15,16)14(2)8-12-6-10-3-4-11(12)5-10/h9-12H,3-6,8H2,1-2H3. The van der Waals surface area contributed by atoms with Gasteiger partial charge in [-0.2, -0.15) is 5.26 Å². The molecule has 0 aromatic rings. The minimum absolute atomic E-state index is 0.513. The van der Waals surface area contributed by atoms with Crippen LogP contribution in [0.4, 0.5) is 0 Å². The molecule has 2 bridgehead atoms. The minimum atomic E-state index is -3.42. The van der Waals surface area contributed by atoms with Crippen molar-refractivity contribution in [2.24, 2.45) is 17.8 Å². The van der Waals surface area contributed by atoms with Crippen molar-refractivity contribution in [1.82, 2.24) is 4.31 Å². The fourth-order valence-corrected chi connectivity index (χ4v) is 4.44. The van der Waals surface area contributed by atoms with Crippen LogP contribution >= 0.6 is 0 Å². The second-order valence-electron chi connectivity index (χ2n) is 5.53. The van der Waals surface area contributed by atoms with Gasteiger partial charge in [0, 0.05) is 13.6 Å². The van der Waals surface area contributed by atoms with Crippen LogP contribution in [0.2, 0.25) is 0 Å². The lowest BCUT2D eigenvalue weighted by molar-refractivity contribution is 0.280. The number of hydrogen-bond acceptors (Lipinski definition) is 3. The zero-order chi connectivity index (χ0) is 12.6. The highest BCUT2D eigenvalue weighted by atomic mass is 32.2. The van der Waals surface area contributed by atoms with Crippen LogP contribution in [0.3, 0.4) is 0 Å². The molecule has 2 fully saturated rings. The fraction of sp³-hybridized carbons (Fsp3) is 0.917. The number of fused-ring (bicyclic) bond motifs is 2. The molecular weight excluding hydrogens is 236 g/mol. The maximum Gasteiger partial charge on any atom is 0.229 e. The molecular formula is C12H20N2O2S. The van der Waals surface area contributed by atoms with Gasteiger partial charge in [0.1, 0.15) is 0 Å². The molecule has 0 radical (unpaired) electrons. The second-order valence-corrected chi connectivity index (χ2v) is 7.89. The molecule has 2 aliphatic carbocycles. The molecule has 4 nitrogen and oxygen atoms in total. The Kier molecular flexibility index (Phi) is 3.46. The van der Waals surface area contributed by atoms with E-state index >= 15 is 0 Å². The molecule has 0 aromatic heterocycles. The topological polar surface area (TPSA) is 61.2 Å². The second kappa shape index (κ2) is 4.58. The molecule has 5 heteroatoms. The zero-order valence-corrected chi connectivity index (χ0v) is 11.3. The summed E-state index contributed by atoms with van der Waals surface area (Å²) in [6.45, 7) is 2.04. The van der Waals surface area contributed by atoms with Gasteiger partial charge < -0.3 is 0 Å². The molecule has 0 aromatic carbocycles. The van der Waals surface area contributed by atoms with Gasteiger partial charge in [0.05, 0.1) is 6.07 Å². The van der Waals surface area contributed by atoms with Gasteiger partial charge in [-0.3, -0.25) is 0 Å². The molecule has 2 saturated carbocycles. The third-order valence-corrected chi connectivity index (χ3v) is 6.46. The van der Waals surface area contributed by atoms with Crippen molar-refractivity contribution in [3.63, 3.8) is 0 Å². The smallest absolute Gasteiger partial charge is 0.211 e. The molecule has 0 aliphatic heterocycles. The number of sulfonamides is 1. The van der Waals surface area contributed by atoms with Gasteiger partial charge in [0.15, 0.2) is 5.25 Å². The first-order valence-electron chi connectivity index (χ1n) is 6.30. The quantitative estimate of drug-likeness (QED) is 0.767. The van der Waals surface area contributed by atoms with Crippen LogP contribution < -0.4 is 0 Å². The van der Waals surface area contributed by atoms with E-state index in [1.54, 1.807) is 7.05 Å². The molecule has 96 valence electrons. The lowest BCUT2D eigenvalue weighted by atomic mass is 9.89. The van der Waals surface area contributed by atoms with Crippen molar-refractivity contribution in [2.45, 2.75) is 37.9 Å². The van der Waals surface area contributed by atoms with Crippen LogP contribution in [0.25, 0.3) is 0 Å². The predicted octanol–water partition coefficient (Wildman–Crippen LogP) is 1.60. The summed E-state index contributed by atoms with van der Waals surface area (Å²) in [4.78, 5) is 0. The minimum Gasteiger partial charge on any atom is -0.211 e. The molecule has 4 unspecified atom stereocenters. The molecule has 0 amide bonds. The summed E-state index contributed by atoms with van der Waals surface area (Å²) in [6.07, 6.45) is 5.04. The van der Waals surface area contributed by atoms with Gasteiger partial charge in [-0.05, 0) is 43.9 Å². The van der Waals surface area contributed by atoms with Crippen LogP contribution in [0, 0.1) is 29.1 Å². The number of rotatable bonds is 4. The van der Waals surface area contributed by atoms with Crippen molar-refractivity contribution in [1.29, 1.82) is 5.26 Å². The Morgan fingerprint density at radius 3 is 2.59 bits per heavy atom. The number of nitriles is 1. The van der Waals surface area contributed by atoms with E-state index in [0.29, 0.717) is 12.5 Å². The van der Waals surface area contributed by atoms with Gasteiger partial charge in [0.2, 0.25) is 10.0 Å². The average Bonchev–Trinajstić information content (AvgIpc) is 2.89. The first kappa shape index (κ1) is 12.8. The van der Waals surface area contributed by atoms with Crippen molar-refractivity contribution >= 4 is 10.0 Å². The Labute approximate surface area is 104 Å². The molecule has 0 saturated heterocycles. The van der Waals surface area contributed by atoms with E-state index in [4.69, 9.17) is 5.26 Å². The lowest BCUT2D eigenvalue weighted by Gasteiger charge is -2.27. The van der Waals surface area contributed by atoms with E-state index < -0.39 is 15.3 Å². The summed E-state index contributed by atoms with van der Waals surface area (Å²) in [5.41, 5.74) is 0. The van der Waals surface area contributed by atoms with E-state index in [-0.39, 0.29) is 0 Å². The van der Waals surface area contributed by atoms with E-state index in [9.17, 15) is 8.42 Å². The van der Waals surface area contributed by atoms with Gasteiger partial charge in [0.25, 0.3) is 0 Å². The van der Waals surface area contributed by atoms with E-state index in [1.165, 1.54) is 36.9 Å². The summed E-state index contributed by atoms with van der Waals surface area (Å²) < 4.78 is 25.3. The maximum atomic E-state index is 12.0. The van der Waals surface area contributed by atoms with Crippen LogP contribution in [-0.2, 0) is 10.0 Å². The Morgan fingerprint density at radius 1 is 1.41 bits per heavy atom. The largest absolute Gasteiger partial charge is 0.229 e. The van der Waals surface area contributed by atoms with Crippen molar-refractivity contribution in [3.8, 4) is 6.07 Å². The molecule has 0 spiro atoms. The summed E-state index contributed by atoms with van der Waals surface area (Å²) >= 11 is 0. The third-order valence-electron chi connectivity index (χ3n) is 4.44. The Balaban J connectivity index is 1.98. The summed E-state index contributed by atoms with van der Waals surface area (Å²) in [7, 11) is -1.81. The average molecular weight is 256 g/mol. The Morgan fingerprint density at radius 2 is 2.12 bits per heavy atom. The highest BCUT2D eigenvalue weighted by Crippen LogP contribution is 2.48.